The second kappa shape index (κ2) is 5.12. The summed E-state index contributed by atoms with van der Waals surface area (Å²) in [6.45, 7) is 0.245. The first-order valence-electron chi connectivity index (χ1n) is 5.22. The molecule has 7 heteroatoms. The molecular formula is C11H10Cl2N2O3. The SMILES string of the molecule is COC(=O)C1CC(=O)N(c2cnc(Cl)cc2Cl)C1. The molecule has 1 saturated heterocycles. The molecule has 1 fully saturated rings. The molecule has 1 amide bonds. The van der Waals surface area contributed by atoms with Gasteiger partial charge < -0.3 is 9.64 Å². The highest BCUT2D eigenvalue weighted by atomic mass is 35.5. The first kappa shape index (κ1) is 13.1. The van der Waals surface area contributed by atoms with Crippen LogP contribution in [-0.4, -0.2) is 30.5 Å². The highest BCUT2D eigenvalue weighted by Gasteiger charge is 2.36. The van der Waals surface area contributed by atoms with E-state index in [1.165, 1.54) is 24.3 Å². The highest BCUT2D eigenvalue weighted by molar-refractivity contribution is 6.36. The molecule has 0 spiro atoms. The largest absolute Gasteiger partial charge is 0.469 e. The molecule has 5 nitrogen and oxygen atoms in total. The van der Waals surface area contributed by atoms with E-state index in [1.54, 1.807) is 0 Å². The Labute approximate surface area is 114 Å². The Balaban J connectivity index is 2.24. The quantitative estimate of drug-likeness (QED) is 0.616. The number of ether oxygens (including phenoxy) is 1. The van der Waals surface area contributed by atoms with E-state index in [0.717, 1.165) is 0 Å². The Morgan fingerprint density at radius 2 is 2.28 bits per heavy atom. The van der Waals surface area contributed by atoms with Crippen molar-refractivity contribution in [2.75, 3.05) is 18.6 Å². The van der Waals surface area contributed by atoms with E-state index in [4.69, 9.17) is 23.2 Å². The Hall–Kier alpha value is -1.33. The number of rotatable bonds is 2. The van der Waals surface area contributed by atoms with Crippen LogP contribution in [0.15, 0.2) is 12.3 Å². The van der Waals surface area contributed by atoms with Crippen LogP contribution in [0.25, 0.3) is 0 Å². The van der Waals surface area contributed by atoms with Crippen molar-refractivity contribution in [1.82, 2.24) is 4.98 Å². The fourth-order valence-corrected chi connectivity index (χ4v) is 2.33. The Kier molecular flexibility index (Phi) is 3.73. The lowest BCUT2D eigenvalue weighted by Crippen LogP contribution is -2.26. The van der Waals surface area contributed by atoms with Crippen LogP contribution in [0.2, 0.25) is 10.2 Å². The van der Waals surface area contributed by atoms with E-state index in [-0.39, 0.29) is 24.0 Å². The summed E-state index contributed by atoms with van der Waals surface area (Å²) in [7, 11) is 1.30. The number of carbonyl (C=O) groups excluding carboxylic acids is 2. The summed E-state index contributed by atoms with van der Waals surface area (Å²) in [5.74, 6) is -1.05. The van der Waals surface area contributed by atoms with Gasteiger partial charge in [0.25, 0.3) is 0 Å². The van der Waals surface area contributed by atoms with E-state index in [9.17, 15) is 9.59 Å². The molecule has 1 atom stereocenters. The number of halogens is 2. The minimum absolute atomic E-state index is 0.117. The zero-order chi connectivity index (χ0) is 13.3. The van der Waals surface area contributed by atoms with Gasteiger partial charge in [-0.1, -0.05) is 23.2 Å². The third kappa shape index (κ3) is 2.42. The fourth-order valence-electron chi connectivity index (χ4n) is 1.86. The van der Waals surface area contributed by atoms with Crippen molar-refractivity contribution in [1.29, 1.82) is 0 Å². The number of nitrogens with zero attached hydrogens (tertiary/aromatic N) is 2. The van der Waals surface area contributed by atoms with E-state index in [1.807, 2.05) is 0 Å². The zero-order valence-electron chi connectivity index (χ0n) is 9.52. The zero-order valence-corrected chi connectivity index (χ0v) is 11.0. The molecule has 1 unspecified atom stereocenters. The standard InChI is InChI=1S/C11H10Cl2N2O3/c1-18-11(17)6-2-10(16)15(5-6)8-4-14-9(13)3-7(8)12/h3-4,6H,2,5H2,1H3. The minimum atomic E-state index is -0.464. The number of amides is 1. The maximum Gasteiger partial charge on any atom is 0.311 e. The van der Waals surface area contributed by atoms with Crippen molar-refractivity contribution in [3.63, 3.8) is 0 Å². The van der Waals surface area contributed by atoms with Crippen molar-refractivity contribution < 1.29 is 14.3 Å². The van der Waals surface area contributed by atoms with E-state index >= 15 is 0 Å². The number of carbonyl (C=O) groups is 2. The van der Waals surface area contributed by atoms with Crippen molar-refractivity contribution >= 4 is 40.8 Å². The summed E-state index contributed by atoms with van der Waals surface area (Å²) in [6, 6.07) is 1.46. The molecule has 0 aliphatic carbocycles. The molecular weight excluding hydrogens is 279 g/mol. The van der Waals surface area contributed by atoms with E-state index < -0.39 is 11.9 Å². The number of pyridine rings is 1. The summed E-state index contributed by atoms with van der Waals surface area (Å²) in [5, 5.41) is 0.578. The molecule has 1 aromatic rings. The normalized spacial score (nSPS) is 19.2. The van der Waals surface area contributed by atoms with Crippen molar-refractivity contribution in [2.24, 2.45) is 5.92 Å². The van der Waals surface area contributed by atoms with Gasteiger partial charge in [0.15, 0.2) is 0 Å². The molecule has 2 rings (SSSR count). The van der Waals surface area contributed by atoms with E-state index in [2.05, 4.69) is 9.72 Å². The van der Waals surface area contributed by atoms with Gasteiger partial charge in [-0.15, -0.1) is 0 Å². The lowest BCUT2D eigenvalue weighted by Gasteiger charge is -2.17. The predicted molar refractivity (Wildman–Crippen MR) is 66.7 cm³/mol. The van der Waals surface area contributed by atoms with Crippen LogP contribution in [0.5, 0.6) is 0 Å². The average Bonchev–Trinajstić information content (AvgIpc) is 2.70. The third-order valence-corrected chi connectivity index (χ3v) is 3.26. The number of aromatic nitrogens is 1. The van der Waals surface area contributed by atoms with Crippen LogP contribution >= 0.6 is 23.2 Å². The number of anilines is 1. The molecule has 0 radical (unpaired) electrons. The maximum atomic E-state index is 11.8. The van der Waals surface area contributed by atoms with Gasteiger partial charge in [-0.3, -0.25) is 9.59 Å². The highest BCUT2D eigenvalue weighted by Crippen LogP contribution is 2.32. The molecule has 0 aromatic carbocycles. The lowest BCUT2D eigenvalue weighted by atomic mass is 10.1. The Morgan fingerprint density at radius 3 is 2.89 bits per heavy atom. The number of hydrogen-bond acceptors (Lipinski definition) is 4. The average molecular weight is 289 g/mol. The molecule has 0 bridgehead atoms. The molecule has 96 valence electrons. The smallest absolute Gasteiger partial charge is 0.311 e. The van der Waals surface area contributed by atoms with Gasteiger partial charge in [0.05, 0.1) is 29.9 Å². The summed E-state index contributed by atoms with van der Waals surface area (Å²) in [6.07, 6.45) is 1.54. The second-order valence-corrected chi connectivity index (χ2v) is 4.68. The molecule has 1 aliphatic rings. The third-order valence-electron chi connectivity index (χ3n) is 2.75. The number of esters is 1. The van der Waals surface area contributed by atoms with Crippen molar-refractivity contribution in [2.45, 2.75) is 6.42 Å². The van der Waals surface area contributed by atoms with Crippen LogP contribution in [0.3, 0.4) is 0 Å². The minimum Gasteiger partial charge on any atom is -0.469 e. The Bertz CT molecular complexity index is 507. The van der Waals surface area contributed by atoms with Crippen LogP contribution in [0.1, 0.15) is 6.42 Å². The maximum absolute atomic E-state index is 11.8. The van der Waals surface area contributed by atoms with Gasteiger partial charge >= 0.3 is 5.97 Å². The summed E-state index contributed by atoms with van der Waals surface area (Å²) in [4.78, 5) is 28.5. The van der Waals surface area contributed by atoms with Gasteiger partial charge in [0.1, 0.15) is 5.15 Å². The first-order valence-corrected chi connectivity index (χ1v) is 5.97. The fraction of sp³-hybridized carbons (Fsp3) is 0.364. The van der Waals surface area contributed by atoms with Gasteiger partial charge in [0, 0.05) is 13.0 Å². The molecule has 18 heavy (non-hydrogen) atoms. The van der Waals surface area contributed by atoms with Gasteiger partial charge in [-0.25, -0.2) is 4.98 Å². The lowest BCUT2D eigenvalue weighted by molar-refractivity contribution is -0.145. The number of methoxy groups -OCH3 is 1. The second-order valence-electron chi connectivity index (χ2n) is 3.89. The van der Waals surface area contributed by atoms with Gasteiger partial charge in [-0.2, -0.15) is 0 Å². The van der Waals surface area contributed by atoms with Crippen LogP contribution in [0, 0.1) is 5.92 Å². The topological polar surface area (TPSA) is 59.5 Å². The molecule has 0 saturated carbocycles. The van der Waals surface area contributed by atoms with Crippen LogP contribution in [0.4, 0.5) is 5.69 Å². The van der Waals surface area contributed by atoms with E-state index in [0.29, 0.717) is 10.7 Å². The molecule has 0 N–H and O–H groups in total. The molecule has 2 heterocycles. The monoisotopic (exact) mass is 288 g/mol. The summed E-state index contributed by atoms with van der Waals surface area (Å²) < 4.78 is 4.63. The van der Waals surface area contributed by atoms with Crippen LogP contribution in [-0.2, 0) is 14.3 Å². The number of hydrogen-bond donors (Lipinski definition) is 0. The van der Waals surface area contributed by atoms with Crippen LogP contribution < -0.4 is 4.90 Å². The molecule has 1 aromatic heterocycles. The summed E-state index contributed by atoms with van der Waals surface area (Å²) in [5.41, 5.74) is 0.456. The van der Waals surface area contributed by atoms with Gasteiger partial charge in [-0.05, 0) is 6.07 Å². The summed E-state index contributed by atoms with van der Waals surface area (Å²) >= 11 is 11.7. The predicted octanol–water partition coefficient (Wildman–Crippen LogP) is 1.91. The molecule has 1 aliphatic heterocycles. The Morgan fingerprint density at radius 1 is 1.56 bits per heavy atom. The first-order chi connectivity index (χ1) is 8.52. The van der Waals surface area contributed by atoms with Gasteiger partial charge in [0.2, 0.25) is 5.91 Å². The van der Waals surface area contributed by atoms with Crippen molar-refractivity contribution in [3.8, 4) is 0 Å². The van der Waals surface area contributed by atoms with Crippen molar-refractivity contribution in [3.05, 3.63) is 22.4 Å².